The zero-order valence-electron chi connectivity index (χ0n) is 25.2. The lowest BCUT2D eigenvalue weighted by atomic mass is 10.0. The third-order valence-electron chi connectivity index (χ3n) is 7.92. The highest BCUT2D eigenvalue weighted by Crippen LogP contribution is 2.28. The van der Waals surface area contributed by atoms with Crippen molar-refractivity contribution >= 4 is 60.1 Å². The SMILES string of the molecule is Cc1cc(OCCCn2c(C(=O)NS(=O)(=O)c3ccc(S(=O)(=O)N4CCCC(C)C4)cc3)cc3cc(Cl)ccc32)cc(C)c1Cl. The lowest BCUT2D eigenvalue weighted by Crippen LogP contribution is -2.39. The highest BCUT2D eigenvalue weighted by Gasteiger charge is 2.29. The van der Waals surface area contributed by atoms with Gasteiger partial charge in [0.15, 0.2) is 0 Å². The van der Waals surface area contributed by atoms with Gasteiger partial charge in [0.25, 0.3) is 15.9 Å². The third-order valence-corrected chi connectivity index (χ3v) is 12.0. The summed E-state index contributed by atoms with van der Waals surface area (Å²) in [6.07, 6.45) is 2.26. The van der Waals surface area contributed by atoms with Gasteiger partial charge >= 0.3 is 0 Å². The van der Waals surface area contributed by atoms with Gasteiger partial charge < -0.3 is 9.30 Å². The van der Waals surface area contributed by atoms with Crippen molar-refractivity contribution in [3.05, 3.63) is 87.5 Å². The monoisotopic (exact) mass is 691 g/mol. The Morgan fingerprint density at radius 2 is 1.62 bits per heavy atom. The average molecular weight is 693 g/mol. The molecule has 13 heteroatoms. The van der Waals surface area contributed by atoms with E-state index in [4.69, 9.17) is 27.9 Å². The van der Waals surface area contributed by atoms with Gasteiger partial charge in [-0.2, -0.15) is 4.31 Å². The van der Waals surface area contributed by atoms with Crippen LogP contribution in [0.5, 0.6) is 5.75 Å². The zero-order valence-corrected chi connectivity index (χ0v) is 28.4. The standard InChI is InChI=1S/C32H35Cl2N3O6S2/c1-21-6-4-13-36(20-21)45(41,42)28-10-8-27(9-11-28)44(39,40)35-32(38)30-19-24-18-25(33)7-12-29(24)37(30)14-5-15-43-26-16-22(2)31(34)23(3)17-26/h7-12,16-19,21H,4-6,13-15,20H2,1-3H3,(H,35,38). The Labute approximate surface area is 274 Å². The molecule has 0 saturated carbocycles. The van der Waals surface area contributed by atoms with Crippen LogP contribution in [0.4, 0.5) is 0 Å². The first-order chi connectivity index (χ1) is 21.3. The third kappa shape index (κ3) is 7.33. The summed E-state index contributed by atoms with van der Waals surface area (Å²) in [5.74, 6) is 0.109. The Bertz CT molecular complexity index is 1940. The summed E-state index contributed by atoms with van der Waals surface area (Å²) in [5, 5.41) is 1.85. The molecule has 0 aliphatic carbocycles. The quantitative estimate of drug-likeness (QED) is 0.188. The number of aryl methyl sites for hydroxylation is 3. The minimum absolute atomic E-state index is 0.00465. The average Bonchev–Trinajstić information content (AvgIpc) is 3.35. The van der Waals surface area contributed by atoms with E-state index in [0.29, 0.717) is 59.4 Å². The number of halogens is 2. The van der Waals surface area contributed by atoms with Gasteiger partial charge in [-0.3, -0.25) is 4.79 Å². The van der Waals surface area contributed by atoms with E-state index in [-0.39, 0.29) is 21.4 Å². The fourth-order valence-corrected chi connectivity index (χ4v) is 8.46. The van der Waals surface area contributed by atoms with Crippen molar-refractivity contribution in [1.29, 1.82) is 0 Å². The Kier molecular flexibility index (Phi) is 9.86. The number of ether oxygens (including phenoxy) is 1. The highest BCUT2D eigenvalue weighted by atomic mass is 35.5. The van der Waals surface area contributed by atoms with Crippen LogP contribution in [0.15, 0.2) is 70.5 Å². The number of rotatable bonds is 10. The Morgan fingerprint density at radius 1 is 0.956 bits per heavy atom. The van der Waals surface area contributed by atoms with E-state index >= 15 is 0 Å². The molecular weight excluding hydrogens is 657 g/mol. The molecule has 9 nitrogen and oxygen atoms in total. The van der Waals surface area contributed by atoms with Crippen molar-refractivity contribution in [3.63, 3.8) is 0 Å². The Morgan fingerprint density at radius 3 is 2.29 bits per heavy atom. The second kappa shape index (κ2) is 13.3. The molecule has 2 heterocycles. The number of hydrogen-bond donors (Lipinski definition) is 1. The molecule has 240 valence electrons. The number of nitrogens with zero attached hydrogens (tertiary/aromatic N) is 2. The predicted molar refractivity (Wildman–Crippen MR) is 176 cm³/mol. The normalized spacial score (nSPS) is 16.2. The molecule has 1 unspecified atom stereocenters. The summed E-state index contributed by atoms with van der Waals surface area (Å²) in [5.41, 5.74) is 2.66. The fourth-order valence-electron chi connectivity index (χ4n) is 5.61. The smallest absolute Gasteiger partial charge is 0.281 e. The first-order valence-corrected chi connectivity index (χ1v) is 18.3. The number of piperidine rings is 1. The van der Waals surface area contributed by atoms with Crippen LogP contribution in [0, 0.1) is 19.8 Å². The lowest BCUT2D eigenvalue weighted by molar-refractivity contribution is 0.0972. The number of carbonyl (C=O) groups is 1. The molecule has 0 radical (unpaired) electrons. The lowest BCUT2D eigenvalue weighted by Gasteiger charge is -2.30. The van der Waals surface area contributed by atoms with E-state index < -0.39 is 26.0 Å². The van der Waals surface area contributed by atoms with E-state index in [2.05, 4.69) is 4.72 Å². The molecule has 1 aliphatic rings. The minimum atomic E-state index is -4.32. The molecule has 1 aliphatic heterocycles. The summed E-state index contributed by atoms with van der Waals surface area (Å²) in [6, 6.07) is 15.4. The van der Waals surface area contributed by atoms with Gasteiger partial charge in [-0.05, 0) is 111 Å². The van der Waals surface area contributed by atoms with Crippen LogP contribution in [0.25, 0.3) is 10.9 Å². The number of amides is 1. The topological polar surface area (TPSA) is 115 Å². The van der Waals surface area contributed by atoms with Gasteiger partial charge in [0.05, 0.1) is 16.4 Å². The van der Waals surface area contributed by atoms with Crippen LogP contribution in [-0.2, 0) is 26.6 Å². The van der Waals surface area contributed by atoms with Crippen LogP contribution in [0.1, 0.15) is 47.8 Å². The number of hydrogen-bond acceptors (Lipinski definition) is 6. The predicted octanol–water partition coefficient (Wildman–Crippen LogP) is 6.57. The molecule has 45 heavy (non-hydrogen) atoms. The number of sulfonamides is 2. The number of aromatic nitrogens is 1. The van der Waals surface area contributed by atoms with Crippen LogP contribution >= 0.6 is 23.2 Å². The maximum Gasteiger partial charge on any atom is 0.281 e. The summed E-state index contributed by atoms with van der Waals surface area (Å²) in [4.78, 5) is 13.2. The van der Waals surface area contributed by atoms with Crippen LogP contribution in [0.2, 0.25) is 10.0 Å². The Balaban J connectivity index is 1.32. The van der Waals surface area contributed by atoms with Crippen LogP contribution in [0.3, 0.4) is 0 Å². The van der Waals surface area contributed by atoms with Gasteiger partial charge in [-0.15, -0.1) is 0 Å². The van der Waals surface area contributed by atoms with Crippen LogP contribution in [-0.4, -0.2) is 51.3 Å². The first-order valence-electron chi connectivity index (χ1n) is 14.6. The van der Waals surface area contributed by atoms with E-state index in [9.17, 15) is 21.6 Å². The number of carbonyl (C=O) groups excluding carboxylic acids is 1. The Hall–Kier alpha value is -3.09. The van der Waals surface area contributed by atoms with Gasteiger partial charge in [0.1, 0.15) is 11.4 Å². The van der Waals surface area contributed by atoms with E-state index in [1.165, 1.54) is 28.6 Å². The van der Waals surface area contributed by atoms with Crippen molar-refractivity contribution in [1.82, 2.24) is 13.6 Å². The molecule has 5 rings (SSSR count). The second-order valence-electron chi connectivity index (χ2n) is 11.5. The van der Waals surface area contributed by atoms with Crippen LogP contribution < -0.4 is 9.46 Å². The number of nitrogens with one attached hydrogen (secondary N) is 1. The summed E-state index contributed by atoms with van der Waals surface area (Å²) in [6.45, 7) is 7.37. The van der Waals surface area contributed by atoms with Crippen molar-refractivity contribution < 1.29 is 26.4 Å². The molecule has 1 amide bonds. The number of fused-ring (bicyclic) bond motifs is 1. The molecule has 1 N–H and O–H groups in total. The van der Waals surface area contributed by atoms with Gasteiger partial charge in [-0.25, -0.2) is 21.6 Å². The summed E-state index contributed by atoms with van der Waals surface area (Å²) in [7, 11) is -8.08. The summed E-state index contributed by atoms with van der Waals surface area (Å²) >= 11 is 12.5. The fraction of sp³-hybridized carbons (Fsp3) is 0.344. The maximum atomic E-state index is 13.4. The van der Waals surface area contributed by atoms with Crippen molar-refractivity contribution in [2.24, 2.45) is 5.92 Å². The maximum absolute atomic E-state index is 13.4. The van der Waals surface area contributed by atoms with Crippen molar-refractivity contribution in [2.45, 2.75) is 56.4 Å². The molecule has 1 fully saturated rings. The minimum Gasteiger partial charge on any atom is -0.494 e. The molecule has 3 aromatic carbocycles. The molecule has 1 atom stereocenters. The molecule has 0 spiro atoms. The van der Waals surface area contributed by atoms with Crippen molar-refractivity contribution in [3.8, 4) is 5.75 Å². The largest absolute Gasteiger partial charge is 0.494 e. The summed E-state index contributed by atoms with van der Waals surface area (Å²) < 4.78 is 64.0. The molecular formula is C32H35Cl2N3O6S2. The van der Waals surface area contributed by atoms with E-state index in [1.807, 2.05) is 32.9 Å². The molecule has 0 bridgehead atoms. The second-order valence-corrected chi connectivity index (χ2v) is 15.9. The highest BCUT2D eigenvalue weighted by molar-refractivity contribution is 7.90. The van der Waals surface area contributed by atoms with E-state index in [1.54, 1.807) is 28.8 Å². The zero-order chi connectivity index (χ0) is 32.5. The molecule has 1 aromatic heterocycles. The number of benzene rings is 3. The molecule has 4 aromatic rings. The molecule has 1 saturated heterocycles. The van der Waals surface area contributed by atoms with Crippen molar-refractivity contribution in [2.75, 3.05) is 19.7 Å². The van der Waals surface area contributed by atoms with E-state index in [0.717, 1.165) is 24.0 Å². The first kappa shape index (κ1) is 33.3. The van der Waals surface area contributed by atoms with Gasteiger partial charge in [0, 0.05) is 40.6 Å². The van der Waals surface area contributed by atoms with Gasteiger partial charge in [0.2, 0.25) is 10.0 Å². The van der Waals surface area contributed by atoms with Gasteiger partial charge in [-0.1, -0.05) is 30.1 Å².